The van der Waals surface area contributed by atoms with Gasteiger partial charge in [0.1, 0.15) is 11.8 Å². The first-order valence-corrected chi connectivity index (χ1v) is 6.71. The van der Waals surface area contributed by atoms with Crippen LogP contribution in [0.25, 0.3) is 0 Å². The number of nitrogens with one attached hydrogen (secondary N) is 1. The van der Waals surface area contributed by atoms with Gasteiger partial charge in [-0.05, 0) is 36.8 Å². The standard InChI is InChI=1S/C15H20N2O2/c1-19-14-6-5-11(8-16)15(7-14)17-9-12-3-2-4-13(12)10-18/h5-7,12-13,17-18H,2-4,9-10H2,1H3. The van der Waals surface area contributed by atoms with Gasteiger partial charge in [0, 0.05) is 19.2 Å². The number of ether oxygens (including phenoxy) is 1. The van der Waals surface area contributed by atoms with E-state index in [2.05, 4.69) is 11.4 Å². The predicted molar refractivity (Wildman–Crippen MR) is 74.1 cm³/mol. The number of benzene rings is 1. The summed E-state index contributed by atoms with van der Waals surface area (Å²) in [4.78, 5) is 0. The Bertz CT molecular complexity index is 468. The minimum Gasteiger partial charge on any atom is -0.497 e. The molecule has 1 saturated carbocycles. The summed E-state index contributed by atoms with van der Waals surface area (Å²) in [7, 11) is 1.62. The van der Waals surface area contributed by atoms with E-state index in [-0.39, 0.29) is 6.61 Å². The molecule has 2 unspecified atom stereocenters. The second kappa shape index (κ2) is 6.44. The average molecular weight is 260 g/mol. The van der Waals surface area contributed by atoms with Crippen LogP contribution < -0.4 is 10.1 Å². The van der Waals surface area contributed by atoms with Crippen LogP contribution in [-0.2, 0) is 0 Å². The monoisotopic (exact) mass is 260 g/mol. The highest BCUT2D eigenvalue weighted by Gasteiger charge is 2.26. The Morgan fingerprint density at radius 2 is 2.21 bits per heavy atom. The van der Waals surface area contributed by atoms with Gasteiger partial charge >= 0.3 is 0 Å². The number of nitriles is 1. The summed E-state index contributed by atoms with van der Waals surface area (Å²) in [6, 6.07) is 7.58. The van der Waals surface area contributed by atoms with Crippen LogP contribution in [0.15, 0.2) is 18.2 Å². The molecule has 2 N–H and O–H groups in total. The molecule has 0 aromatic heterocycles. The summed E-state index contributed by atoms with van der Waals surface area (Å²) in [5, 5.41) is 21.7. The number of hydrogen-bond acceptors (Lipinski definition) is 4. The molecule has 1 aliphatic carbocycles. The van der Waals surface area contributed by atoms with Crippen LogP contribution in [0.4, 0.5) is 5.69 Å². The number of aliphatic hydroxyl groups is 1. The first-order chi connectivity index (χ1) is 9.28. The van der Waals surface area contributed by atoms with Gasteiger partial charge in [-0.15, -0.1) is 0 Å². The predicted octanol–water partition coefficient (Wildman–Crippen LogP) is 2.39. The molecular formula is C15H20N2O2. The van der Waals surface area contributed by atoms with Gasteiger partial charge in [-0.2, -0.15) is 5.26 Å². The summed E-state index contributed by atoms with van der Waals surface area (Å²) in [5.41, 5.74) is 1.43. The maximum absolute atomic E-state index is 9.32. The molecule has 1 aromatic rings. The van der Waals surface area contributed by atoms with Crippen LogP contribution in [-0.4, -0.2) is 25.4 Å². The van der Waals surface area contributed by atoms with Crippen molar-refractivity contribution >= 4 is 5.69 Å². The molecule has 4 nitrogen and oxygen atoms in total. The van der Waals surface area contributed by atoms with E-state index < -0.39 is 0 Å². The Balaban J connectivity index is 2.04. The van der Waals surface area contributed by atoms with Crippen LogP contribution >= 0.6 is 0 Å². The molecule has 2 rings (SSSR count). The van der Waals surface area contributed by atoms with E-state index in [0.29, 0.717) is 17.4 Å². The van der Waals surface area contributed by atoms with Gasteiger partial charge in [-0.3, -0.25) is 0 Å². The lowest BCUT2D eigenvalue weighted by Crippen LogP contribution is -2.21. The van der Waals surface area contributed by atoms with Gasteiger partial charge < -0.3 is 15.2 Å². The fourth-order valence-corrected chi connectivity index (χ4v) is 2.76. The molecule has 4 heteroatoms. The maximum Gasteiger partial charge on any atom is 0.121 e. The van der Waals surface area contributed by atoms with E-state index in [4.69, 9.17) is 10.00 Å². The van der Waals surface area contributed by atoms with E-state index >= 15 is 0 Å². The zero-order valence-electron chi connectivity index (χ0n) is 11.2. The van der Waals surface area contributed by atoms with E-state index in [1.165, 1.54) is 6.42 Å². The molecule has 0 amide bonds. The normalized spacial score (nSPS) is 21.9. The SMILES string of the molecule is COc1ccc(C#N)c(NCC2CCCC2CO)c1. The van der Waals surface area contributed by atoms with Crippen molar-refractivity contribution in [2.24, 2.45) is 11.8 Å². The molecule has 0 spiro atoms. The topological polar surface area (TPSA) is 65.3 Å². The highest BCUT2D eigenvalue weighted by atomic mass is 16.5. The molecule has 1 fully saturated rings. The van der Waals surface area contributed by atoms with Crippen LogP contribution in [0.3, 0.4) is 0 Å². The van der Waals surface area contributed by atoms with Crippen molar-refractivity contribution in [2.45, 2.75) is 19.3 Å². The van der Waals surface area contributed by atoms with Crippen molar-refractivity contribution in [1.29, 1.82) is 5.26 Å². The third-order valence-electron chi connectivity index (χ3n) is 3.95. The molecule has 1 aliphatic rings. The first-order valence-electron chi connectivity index (χ1n) is 6.71. The number of anilines is 1. The summed E-state index contributed by atoms with van der Waals surface area (Å²) in [6.07, 6.45) is 3.43. The van der Waals surface area contributed by atoms with Crippen LogP contribution in [0.1, 0.15) is 24.8 Å². The zero-order chi connectivity index (χ0) is 13.7. The van der Waals surface area contributed by atoms with Crippen molar-refractivity contribution < 1.29 is 9.84 Å². The van der Waals surface area contributed by atoms with Gasteiger partial charge in [-0.1, -0.05) is 6.42 Å². The Morgan fingerprint density at radius 1 is 1.42 bits per heavy atom. The number of hydrogen-bond donors (Lipinski definition) is 2. The summed E-state index contributed by atoms with van der Waals surface area (Å²) in [6.45, 7) is 1.06. The lowest BCUT2D eigenvalue weighted by atomic mass is 9.97. The molecular weight excluding hydrogens is 240 g/mol. The fraction of sp³-hybridized carbons (Fsp3) is 0.533. The van der Waals surface area contributed by atoms with Gasteiger partial charge in [0.25, 0.3) is 0 Å². The largest absolute Gasteiger partial charge is 0.497 e. The minimum atomic E-state index is 0.259. The fourth-order valence-electron chi connectivity index (χ4n) is 2.76. The Hall–Kier alpha value is -1.73. The molecule has 102 valence electrons. The number of methoxy groups -OCH3 is 1. The minimum absolute atomic E-state index is 0.259. The number of aliphatic hydroxyl groups excluding tert-OH is 1. The smallest absolute Gasteiger partial charge is 0.121 e. The van der Waals surface area contributed by atoms with E-state index in [9.17, 15) is 5.11 Å². The van der Waals surface area contributed by atoms with Crippen molar-refractivity contribution in [1.82, 2.24) is 0 Å². The van der Waals surface area contributed by atoms with Crippen LogP contribution in [0.5, 0.6) is 5.75 Å². The van der Waals surface area contributed by atoms with Gasteiger partial charge in [0.2, 0.25) is 0 Å². The van der Waals surface area contributed by atoms with E-state index in [1.54, 1.807) is 19.2 Å². The van der Waals surface area contributed by atoms with Gasteiger partial charge in [-0.25, -0.2) is 0 Å². The highest BCUT2D eigenvalue weighted by Crippen LogP contribution is 2.32. The Labute approximate surface area is 114 Å². The molecule has 1 aromatic carbocycles. The Kier molecular flexibility index (Phi) is 4.64. The third kappa shape index (κ3) is 3.18. The van der Waals surface area contributed by atoms with Crippen molar-refractivity contribution in [3.63, 3.8) is 0 Å². The highest BCUT2D eigenvalue weighted by molar-refractivity contribution is 5.60. The molecule has 0 aliphatic heterocycles. The van der Waals surface area contributed by atoms with Crippen LogP contribution in [0, 0.1) is 23.2 Å². The quantitative estimate of drug-likeness (QED) is 0.853. The van der Waals surface area contributed by atoms with E-state index in [1.807, 2.05) is 6.07 Å². The summed E-state index contributed by atoms with van der Waals surface area (Å²) < 4.78 is 5.18. The summed E-state index contributed by atoms with van der Waals surface area (Å²) in [5.74, 6) is 1.62. The number of rotatable bonds is 5. The lowest BCUT2D eigenvalue weighted by molar-refractivity contribution is 0.199. The maximum atomic E-state index is 9.32. The molecule has 2 atom stereocenters. The second-order valence-corrected chi connectivity index (χ2v) is 5.04. The number of nitrogens with zero attached hydrogens (tertiary/aromatic N) is 1. The van der Waals surface area contributed by atoms with Gasteiger partial charge in [0.15, 0.2) is 0 Å². The Morgan fingerprint density at radius 3 is 2.89 bits per heavy atom. The van der Waals surface area contributed by atoms with Gasteiger partial charge in [0.05, 0.1) is 18.4 Å². The van der Waals surface area contributed by atoms with E-state index in [0.717, 1.165) is 30.8 Å². The molecule has 0 bridgehead atoms. The third-order valence-corrected chi connectivity index (χ3v) is 3.95. The first kappa shape index (κ1) is 13.7. The van der Waals surface area contributed by atoms with Crippen molar-refractivity contribution in [3.8, 4) is 11.8 Å². The molecule has 0 saturated heterocycles. The van der Waals surface area contributed by atoms with Crippen LogP contribution in [0.2, 0.25) is 0 Å². The lowest BCUT2D eigenvalue weighted by Gasteiger charge is -2.19. The van der Waals surface area contributed by atoms with Crippen molar-refractivity contribution in [2.75, 3.05) is 25.6 Å². The van der Waals surface area contributed by atoms with Crippen molar-refractivity contribution in [3.05, 3.63) is 23.8 Å². The molecule has 0 heterocycles. The zero-order valence-corrected chi connectivity index (χ0v) is 11.2. The second-order valence-electron chi connectivity index (χ2n) is 5.04. The molecule has 0 radical (unpaired) electrons. The summed E-state index contributed by atoms with van der Waals surface area (Å²) >= 11 is 0. The average Bonchev–Trinajstić information content (AvgIpc) is 2.92. The molecule has 19 heavy (non-hydrogen) atoms.